The summed E-state index contributed by atoms with van der Waals surface area (Å²) < 4.78 is 0. The molecule has 94 valence electrons. The molecule has 2 heterocycles. The van der Waals surface area contributed by atoms with Gasteiger partial charge in [-0.2, -0.15) is 0 Å². The van der Waals surface area contributed by atoms with Gasteiger partial charge in [0.2, 0.25) is 5.91 Å². The van der Waals surface area contributed by atoms with Crippen LogP contribution in [0, 0.1) is 0 Å². The molecule has 4 nitrogen and oxygen atoms in total. The number of nitrogens with zero attached hydrogens (tertiary/aromatic N) is 2. The minimum Gasteiger partial charge on any atom is -0.332 e. The number of carbonyl (C=O) groups is 1. The van der Waals surface area contributed by atoms with Crippen LogP contribution in [-0.2, 0) is 4.79 Å². The molecule has 1 saturated heterocycles. The van der Waals surface area contributed by atoms with E-state index in [9.17, 15) is 4.79 Å². The summed E-state index contributed by atoms with van der Waals surface area (Å²) in [4.78, 5) is 18.6. The average Bonchev–Trinajstić information content (AvgIpc) is 2.86. The number of likely N-dealkylation sites (tertiary alicyclic amines) is 1. The molecule has 1 N–H and O–H groups in total. The van der Waals surface area contributed by atoms with Crippen LogP contribution in [0.5, 0.6) is 0 Å². The monoisotopic (exact) mass is 253 g/mol. The standard InChI is InChI=1S/C12H19N3OS/c1-3-10(11-14-6-8-17-11)15-7-4-5-9(13-2)12(15)16/h6,8-10,13H,3-5,7H2,1-2H3. The second-order valence-corrected chi connectivity index (χ2v) is 5.24. The maximum absolute atomic E-state index is 12.3. The van der Waals surface area contributed by atoms with Crippen molar-refractivity contribution in [2.75, 3.05) is 13.6 Å². The Morgan fingerprint density at radius 2 is 2.53 bits per heavy atom. The van der Waals surface area contributed by atoms with Gasteiger partial charge in [0.15, 0.2) is 0 Å². The topological polar surface area (TPSA) is 45.2 Å². The van der Waals surface area contributed by atoms with Crippen LogP contribution >= 0.6 is 11.3 Å². The van der Waals surface area contributed by atoms with Crippen molar-refractivity contribution in [3.63, 3.8) is 0 Å². The number of carbonyl (C=O) groups excluding carboxylic acids is 1. The van der Waals surface area contributed by atoms with Crippen LogP contribution in [0.1, 0.15) is 37.2 Å². The second-order valence-electron chi connectivity index (χ2n) is 4.31. The zero-order chi connectivity index (χ0) is 12.3. The summed E-state index contributed by atoms with van der Waals surface area (Å²) in [5.41, 5.74) is 0. The van der Waals surface area contributed by atoms with Crippen LogP contribution in [-0.4, -0.2) is 35.4 Å². The second kappa shape index (κ2) is 5.60. The van der Waals surface area contributed by atoms with Gasteiger partial charge in [-0.25, -0.2) is 4.98 Å². The largest absolute Gasteiger partial charge is 0.332 e. The van der Waals surface area contributed by atoms with Crippen molar-refractivity contribution in [2.24, 2.45) is 0 Å². The van der Waals surface area contributed by atoms with Crippen LogP contribution in [0.3, 0.4) is 0 Å². The van der Waals surface area contributed by atoms with Gasteiger partial charge in [0.1, 0.15) is 5.01 Å². The van der Waals surface area contributed by atoms with Gasteiger partial charge in [-0.3, -0.25) is 4.79 Å². The predicted octanol–water partition coefficient (Wildman–Crippen LogP) is 1.80. The third kappa shape index (κ3) is 2.50. The molecule has 1 aliphatic rings. The Morgan fingerprint density at radius 1 is 1.71 bits per heavy atom. The van der Waals surface area contributed by atoms with Crippen LogP contribution in [0.4, 0.5) is 0 Å². The molecule has 0 bridgehead atoms. The van der Waals surface area contributed by atoms with Gasteiger partial charge in [-0.05, 0) is 26.3 Å². The van der Waals surface area contributed by atoms with Crippen molar-refractivity contribution in [2.45, 2.75) is 38.3 Å². The Hall–Kier alpha value is -0.940. The molecule has 1 amide bonds. The molecule has 5 heteroatoms. The first kappa shape index (κ1) is 12.5. The van der Waals surface area contributed by atoms with Gasteiger partial charge in [0.25, 0.3) is 0 Å². The van der Waals surface area contributed by atoms with Crippen LogP contribution in [0.2, 0.25) is 0 Å². The van der Waals surface area contributed by atoms with E-state index in [4.69, 9.17) is 0 Å². The van der Waals surface area contributed by atoms with Crippen molar-refractivity contribution in [3.05, 3.63) is 16.6 Å². The van der Waals surface area contributed by atoms with Crippen LogP contribution in [0.25, 0.3) is 0 Å². The Labute approximate surface area is 106 Å². The van der Waals surface area contributed by atoms with Crippen molar-refractivity contribution in [1.82, 2.24) is 15.2 Å². The molecule has 1 fully saturated rings. The Balaban J connectivity index is 2.16. The zero-order valence-corrected chi connectivity index (χ0v) is 11.2. The highest BCUT2D eigenvalue weighted by atomic mass is 32.1. The molecule has 1 aliphatic heterocycles. The molecule has 1 aromatic heterocycles. The first-order chi connectivity index (χ1) is 8.27. The summed E-state index contributed by atoms with van der Waals surface area (Å²) in [6, 6.07) is 0.136. The molecule has 0 saturated carbocycles. The number of rotatable bonds is 4. The number of likely N-dealkylation sites (N-methyl/N-ethyl adjacent to an activating group) is 1. The lowest BCUT2D eigenvalue weighted by atomic mass is 10.0. The van der Waals surface area contributed by atoms with Gasteiger partial charge in [-0.15, -0.1) is 11.3 Å². The molecular weight excluding hydrogens is 234 g/mol. The quantitative estimate of drug-likeness (QED) is 0.890. The zero-order valence-electron chi connectivity index (χ0n) is 10.3. The van der Waals surface area contributed by atoms with E-state index in [2.05, 4.69) is 17.2 Å². The Bertz CT molecular complexity index is 366. The number of hydrogen-bond acceptors (Lipinski definition) is 4. The highest BCUT2D eigenvalue weighted by Crippen LogP contribution is 2.29. The smallest absolute Gasteiger partial charge is 0.240 e. The SMILES string of the molecule is CCC(c1nccs1)N1CCCC(NC)C1=O. The molecule has 0 radical (unpaired) electrons. The summed E-state index contributed by atoms with van der Waals surface area (Å²) in [6.45, 7) is 2.97. The molecule has 0 spiro atoms. The summed E-state index contributed by atoms with van der Waals surface area (Å²) in [5, 5.41) is 6.13. The number of nitrogens with one attached hydrogen (secondary N) is 1. The maximum atomic E-state index is 12.3. The predicted molar refractivity (Wildman–Crippen MR) is 68.9 cm³/mol. The summed E-state index contributed by atoms with van der Waals surface area (Å²) in [6.07, 6.45) is 4.75. The van der Waals surface area contributed by atoms with E-state index in [-0.39, 0.29) is 18.0 Å². The number of piperidine rings is 1. The number of amides is 1. The molecule has 0 aromatic carbocycles. The minimum absolute atomic E-state index is 0.0160. The molecule has 0 aliphatic carbocycles. The number of hydrogen-bond donors (Lipinski definition) is 1. The van der Waals surface area contributed by atoms with Gasteiger partial charge in [0.05, 0.1) is 12.1 Å². The van der Waals surface area contributed by atoms with E-state index >= 15 is 0 Å². The minimum atomic E-state index is -0.0160. The van der Waals surface area contributed by atoms with Crippen molar-refractivity contribution >= 4 is 17.2 Å². The molecule has 2 rings (SSSR count). The van der Waals surface area contributed by atoms with Crippen LogP contribution < -0.4 is 5.32 Å². The van der Waals surface area contributed by atoms with Crippen molar-refractivity contribution < 1.29 is 4.79 Å². The van der Waals surface area contributed by atoms with E-state index in [1.807, 2.05) is 23.5 Å². The van der Waals surface area contributed by atoms with Gasteiger partial charge in [0, 0.05) is 18.1 Å². The fraction of sp³-hybridized carbons (Fsp3) is 0.667. The van der Waals surface area contributed by atoms with Gasteiger partial charge >= 0.3 is 0 Å². The molecule has 2 atom stereocenters. The fourth-order valence-electron chi connectivity index (χ4n) is 2.40. The molecule has 2 unspecified atom stereocenters. The normalized spacial score (nSPS) is 22.8. The molecule has 17 heavy (non-hydrogen) atoms. The highest BCUT2D eigenvalue weighted by molar-refractivity contribution is 7.09. The average molecular weight is 253 g/mol. The Kier molecular flexibility index (Phi) is 4.12. The first-order valence-corrected chi connectivity index (χ1v) is 7.03. The van der Waals surface area contributed by atoms with E-state index in [1.54, 1.807) is 11.3 Å². The van der Waals surface area contributed by atoms with Crippen molar-refractivity contribution in [1.29, 1.82) is 0 Å². The van der Waals surface area contributed by atoms with Crippen LogP contribution in [0.15, 0.2) is 11.6 Å². The lowest BCUT2D eigenvalue weighted by Gasteiger charge is -2.36. The fourth-order valence-corrected chi connectivity index (χ4v) is 3.24. The van der Waals surface area contributed by atoms with Gasteiger partial charge in [-0.1, -0.05) is 6.92 Å². The van der Waals surface area contributed by atoms with E-state index in [0.29, 0.717) is 0 Å². The molecule has 1 aromatic rings. The molecular formula is C12H19N3OS. The third-order valence-corrected chi connectivity index (χ3v) is 4.20. The van der Waals surface area contributed by atoms with Crippen molar-refractivity contribution in [3.8, 4) is 0 Å². The van der Waals surface area contributed by atoms with E-state index < -0.39 is 0 Å². The summed E-state index contributed by atoms with van der Waals surface area (Å²) in [5.74, 6) is 0.223. The summed E-state index contributed by atoms with van der Waals surface area (Å²) >= 11 is 1.63. The van der Waals surface area contributed by atoms with E-state index in [0.717, 1.165) is 30.8 Å². The lowest BCUT2D eigenvalue weighted by molar-refractivity contribution is -0.138. The lowest BCUT2D eigenvalue weighted by Crippen LogP contribution is -2.50. The summed E-state index contributed by atoms with van der Waals surface area (Å²) in [7, 11) is 1.86. The van der Waals surface area contributed by atoms with E-state index in [1.165, 1.54) is 0 Å². The maximum Gasteiger partial charge on any atom is 0.240 e. The number of aromatic nitrogens is 1. The van der Waals surface area contributed by atoms with Gasteiger partial charge < -0.3 is 10.2 Å². The highest BCUT2D eigenvalue weighted by Gasteiger charge is 2.33. The Morgan fingerprint density at radius 3 is 3.12 bits per heavy atom. The first-order valence-electron chi connectivity index (χ1n) is 6.15. The number of thiazole rings is 1. The third-order valence-electron chi connectivity index (χ3n) is 3.32.